The fourth-order valence-corrected chi connectivity index (χ4v) is 2.95. The quantitative estimate of drug-likeness (QED) is 0.802. The maximum atomic E-state index is 12.2. The number of nitrogens with one attached hydrogen (secondary N) is 1. The number of carboxylic acid groups (broad SMARTS) is 1. The molecule has 0 aliphatic carbocycles. The van der Waals surface area contributed by atoms with E-state index in [0.29, 0.717) is 11.3 Å². The van der Waals surface area contributed by atoms with Crippen molar-refractivity contribution in [2.24, 2.45) is 0 Å². The summed E-state index contributed by atoms with van der Waals surface area (Å²) in [6.07, 6.45) is 0.149. The van der Waals surface area contributed by atoms with Crippen LogP contribution in [0.4, 0.5) is 5.69 Å². The third kappa shape index (κ3) is 3.95. The fraction of sp³-hybridized carbons (Fsp3) is 0.0625. The molecule has 6 heteroatoms. The van der Waals surface area contributed by atoms with Crippen LogP contribution in [0, 0.1) is 0 Å². The van der Waals surface area contributed by atoms with Gasteiger partial charge in [-0.05, 0) is 29.8 Å². The van der Waals surface area contributed by atoms with Gasteiger partial charge in [-0.25, -0.2) is 13.2 Å². The van der Waals surface area contributed by atoms with Crippen molar-refractivity contribution in [2.45, 2.75) is 11.3 Å². The summed E-state index contributed by atoms with van der Waals surface area (Å²) in [4.78, 5) is 11.0. The lowest BCUT2D eigenvalue weighted by atomic mass is 10.1. The molecule has 2 aromatic carbocycles. The Hall–Kier alpha value is -2.60. The van der Waals surface area contributed by atoms with E-state index in [-0.39, 0.29) is 16.9 Å². The number of anilines is 1. The maximum Gasteiger partial charge on any atom is 0.331 e. The van der Waals surface area contributed by atoms with Gasteiger partial charge in [-0.2, -0.15) is 0 Å². The summed E-state index contributed by atoms with van der Waals surface area (Å²) in [6.45, 7) is 3.46. The van der Waals surface area contributed by atoms with E-state index in [0.717, 1.165) is 0 Å². The number of hydrogen-bond donors (Lipinski definition) is 2. The summed E-state index contributed by atoms with van der Waals surface area (Å²) in [5.41, 5.74) is 1.09. The summed E-state index contributed by atoms with van der Waals surface area (Å²) in [5, 5.41) is 8.84. The first kappa shape index (κ1) is 15.8. The lowest BCUT2D eigenvalue weighted by Gasteiger charge is -2.09. The zero-order valence-electron chi connectivity index (χ0n) is 11.7. The van der Waals surface area contributed by atoms with Gasteiger partial charge in [0.2, 0.25) is 0 Å². The average molecular weight is 317 g/mol. The number of sulfonamides is 1. The van der Waals surface area contributed by atoms with Gasteiger partial charge in [-0.3, -0.25) is 4.72 Å². The number of carbonyl (C=O) groups is 1. The third-order valence-corrected chi connectivity index (χ3v) is 4.35. The second-order valence-electron chi connectivity index (χ2n) is 4.70. The van der Waals surface area contributed by atoms with Gasteiger partial charge >= 0.3 is 5.97 Å². The molecule has 2 N–H and O–H groups in total. The van der Waals surface area contributed by atoms with Crippen LogP contribution in [0.1, 0.15) is 5.56 Å². The van der Waals surface area contributed by atoms with Gasteiger partial charge in [-0.1, -0.05) is 36.9 Å². The minimum absolute atomic E-state index is 0.0445. The zero-order chi connectivity index (χ0) is 16.2. The second-order valence-corrected chi connectivity index (χ2v) is 6.39. The number of carboxylic acids is 1. The zero-order valence-corrected chi connectivity index (χ0v) is 12.5. The van der Waals surface area contributed by atoms with E-state index in [1.165, 1.54) is 12.1 Å². The van der Waals surface area contributed by atoms with E-state index in [1.807, 2.05) is 0 Å². The van der Waals surface area contributed by atoms with Crippen LogP contribution in [0.3, 0.4) is 0 Å². The summed E-state index contributed by atoms with van der Waals surface area (Å²) in [7, 11) is -3.66. The molecular formula is C16H15NO4S. The fourth-order valence-electron chi connectivity index (χ4n) is 1.88. The molecule has 114 valence electrons. The third-order valence-electron chi connectivity index (χ3n) is 2.95. The Kier molecular flexibility index (Phi) is 4.62. The molecule has 22 heavy (non-hydrogen) atoms. The summed E-state index contributed by atoms with van der Waals surface area (Å²) >= 11 is 0. The molecule has 0 radical (unpaired) electrons. The van der Waals surface area contributed by atoms with Crippen molar-refractivity contribution < 1.29 is 18.3 Å². The van der Waals surface area contributed by atoms with Gasteiger partial charge in [-0.15, -0.1) is 0 Å². The molecule has 0 fully saturated rings. The van der Waals surface area contributed by atoms with Crippen LogP contribution in [0.15, 0.2) is 71.6 Å². The van der Waals surface area contributed by atoms with Gasteiger partial charge in [0, 0.05) is 17.7 Å². The van der Waals surface area contributed by atoms with E-state index < -0.39 is 16.0 Å². The highest BCUT2D eigenvalue weighted by Crippen LogP contribution is 2.18. The monoisotopic (exact) mass is 317 g/mol. The molecule has 0 unspecified atom stereocenters. The molecule has 0 saturated carbocycles. The van der Waals surface area contributed by atoms with Crippen molar-refractivity contribution >= 4 is 21.7 Å². The number of benzene rings is 2. The molecule has 0 amide bonds. The van der Waals surface area contributed by atoms with Crippen LogP contribution in [-0.4, -0.2) is 19.5 Å². The largest absolute Gasteiger partial charge is 0.478 e. The molecule has 0 atom stereocenters. The predicted molar refractivity (Wildman–Crippen MR) is 84.2 cm³/mol. The van der Waals surface area contributed by atoms with Crippen LogP contribution in [0.5, 0.6) is 0 Å². The van der Waals surface area contributed by atoms with Crippen LogP contribution >= 0.6 is 0 Å². The standard InChI is InChI=1S/C16H15NO4S/c1-12(16(18)19)10-13-6-5-7-14(11-13)17-22(20,21)15-8-3-2-4-9-15/h2-9,11,17H,1,10H2,(H,18,19). The molecule has 2 aromatic rings. The van der Waals surface area contributed by atoms with Gasteiger partial charge in [0.25, 0.3) is 10.0 Å². The molecule has 2 rings (SSSR count). The van der Waals surface area contributed by atoms with Crippen molar-refractivity contribution in [3.05, 3.63) is 72.3 Å². The van der Waals surface area contributed by atoms with Crippen molar-refractivity contribution in [1.82, 2.24) is 0 Å². The number of hydrogen-bond acceptors (Lipinski definition) is 3. The molecule has 0 saturated heterocycles. The van der Waals surface area contributed by atoms with Crippen molar-refractivity contribution in [1.29, 1.82) is 0 Å². The second kappa shape index (κ2) is 6.44. The lowest BCUT2D eigenvalue weighted by Crippen LogP contribution is -2.13. The van der Waals surface area contributed by atoms with Gasteiger partial charge in [0.1, 0.15) is 0 Å². The normalized spacial score (nSPS) is 10.9. The molecule has 0 heterocycles. The van der Waals surface area contributed by atoms with E-state index >= 15 is 0 Å². The first-order valence-electron chi connectivity index (χ1n) is 6.46. The molecular weight excluding hydrogens is 302 g/mol. The van der Waals surface area contributed by atoms with Gasteiger partial charge in [0.15, 0.2) is 0 Å². The smallest absolute Gasteiger partial charge is 0.331 e. The van der Waals surface area contributed by atoms with Crippen LogP contribution in [0.2, 0.25) is 0 Å². The molecule has 5 nitrogen and oxygen atoms in total. The SMILES string of the molecule is C=C(Cc1cccc(NS(=O)(=O)c2ccccc2)c1)C(=O)O. The summed E-state index contributed by atoms with van der Waals surface area (Å²) < 4.78 is 26.9. The minimum atomic E-state index is -3.66. The number of aliphatic carboxylic acids is 1. The summed E-state index contributed by atoms with van der Waals surface area (Å²) in [6, 6.07) is 14.6. The Morgan fingerprint density at radius 2 is 1.77 bits per heavy atom. The maximum absolute atomic E-state index is 12.2. The Balaban J connectivity index is 2.20. The molecule has 0 bridgehead atoms. The summed E-state index contributed by atoms with van der Waals surface area (Å²) in [5.74, 6) is -1.07. The lowest BCUT2D eigenvalue weighted by molar-refractivity contribution is -0.132. The van der Waals surface area contributed by atoms with Crippen molar-refractivity contribution in [2.75, 3.05) is 4.72 Å². The first-order valence-corrected chi connectivity index (χ1v) is 7.95. The minimum Gasteiger partial charge on any atom is -0.478 e. The Labute approximate surface area is 129 Å². The highest BCUT2D eigenvalue weighted by Gasteiger charge is 2.14. The topological polar surface area (TPSA) is 83.5 Å². The average Bonchev–Trinajstić information content (AvgIpc) is 2.48. The van der Waals surface area contributed by atoms with E-state index in [9.17, 15) is 13.2 Å². The Morgan fingerprint density at radius 3 is 2.41 bits per heavy atom. The Bertz CT molecular complexity index is 798. The van der Waals surface area contributed by atoms with E-state index in [1.54, 1.807) is 42.5 Å². The molecule has 0 aromatic heterocycles. The molecule has 0 aliphatic heterocycles. The first-order chi connectivity index (χ1) is 10.4. The van der Waals surface area contributed by atoms with E-state index in [2.05, 4.69) is 11.3 Å². The Morgan fingerprint density at radius 1 is 1.09 bits per heavy atom. The highest BCUT2D eigenvalue weighted by molar-refractivity contribution is 7.92. The molecule has 0 aliphatic rings. The van der Waals surface area contributed by atoms with E-state index in [4.69, 9.17) is 5.11 Å². The van der Waals surface area contributed by atoms with Crippen molar-refractivity contribution in [3.8, 4) is 0 Å². The predicted octanol–water partition coefficient (Wildman–Crippen LogP) is 2.67. The van der Waals surface area contributed by atoms with Crippen LogP contribution in [0.25, 0.3) is 0 Å². The van der Waals surface area contributed by atoms with Gasteiger partial charge < -0.3 is 5.11 Å². The highest BCUT2D eigenvalue weighted by atomic mass is 32.2. The number of rotatable bonds is 6. The molecule has 0 spiro atoms. The van der Waals surface area contributed by atoms with Crippen LogP contribution < -0.4 is 4.72 Å². The van der Waals surface area contributed by atoms with Crippen LogP contribution in [-0.2, 0) is 21.2 Å². The van der Waals surface area contributed by atoms with Gasteiger partial charge in [0.05, 0.1) is 4.90 Å². The van der Waals surface area contributed by atoms with Crippen molar-refractivity contribution in [3.63, 3.8) is 0 Å².